The Morgan fingerprint density at radius 2 is 1.63 bits per heavy atom. The topological polar surface area (TPSA) is 73.9 Å². The predicted octanol–water partition coefficient (Wildman–Crippen LogP) is 4.04. The highest BCUT2D eigenvalue weighted by Gasteiger charge is 2.15. The van der Waals surface area contributed by atoms with Crippen molar-refractivity contribution >= 4 is 35.1 Å². The molecule has 8 heteroatoms. The molecule has 0 unspecified atom stereocenters. The van der Waals surface area contributed by atoms with E-state index in [0.29, 0.717) is 21.5 Å². The molecule has 0 spiro atoms. The second-order valence-electron chi connectivity index (χ2n) is 5.64. The van der Waals surface area contributed by atoms with Crippen LogP contribution in [0, 0.1) is 0 Å². The first-order valence-electron chi connectivity index (χ1n) is 7.98. The third-order valence-electron chi connectivity index (χ3n) is 3.74. The van der Waals surface area contributed by atoms with Crippen LogP contribution in [-0.2, 0) is 9.53 Å². The van der Waals surface area contributed by atoms with Gasteiger partial charge < -0.3 is 19.5 Å². The SMILES string of the molecule is COc1cc(OC)cc(C(=O)OCC(=O)N[C@@H](C)c2ccc(Cl)c(Cl)c2)c1. The van der Waals surface area contributed by atoms with Crippen LogP contribution in [0.5, 0.6) is 11.5 Å². The van der Waals surface area contributed by atoms with Crippen LogP contribution in [0.25, 0.3) is 0 Å². The predicted molar refractivity (Wildman–Crippen MR) is 103 cm³/mol. The second kappa shape index (κ2) is 9.48. The van der Waals surface area contributed by atoms with Crippen LogP contribution in [-0.4, -0.2) is 32.7 Å². The molecule has 6 nitrogen and oxygen atoms in total. The van der Waals surface area contributed by atoms with Crippen molar-refractivity contribution in [1.29, 1.82) is 0 Å². The molecule has 2 aromatic rings. The van der Waals surface area contributed by atoms with Gasteiger partial charge in [0.05, 0.1) is 35.9 Å². The summed E-state index contributed by atoms with van der Waals surface area (Å²) in [4.78, 5) is 24.2. The van der Waals surface area contributed by atoms with Crippen molar-refractivity contribution in [3.8, 4) is 11.5 Å². The lowest BCUT2D eigenvalue weighted by Gasteiger charge is -2.15. The molecule has 2 rings (SSSR count). The fourth-order valence-corrected chi connectivity index (χ4v) is 2.59. The van der Waals surface area contributed by atoms with Crippen molar-refractivity contribution in [2.45, 2.75) is 13.0 Å². The molecule has 0 fully saturated rings. The van der Waals surface area contributed by atoms with Crippen LogP contribution >= 0.6 is 23.2 Å². The number of carbonyl (C=O) groups is 2. The molecule has 0 aromatic heterocycles. The first-order valence-corrected chi connectivity index (χ1v) is 8.74. The Balaban J connectivity index is 1.94. The molecule has 0 saturated carbocycles. The molecule has 0 radical (unpaired) electrons. The van der Waals surface area contributed by atoms with Gasteiger partial charge in [0.2, 0.25) is 0 Å². The molecule has 27 heavy (non-hydrogen) atoms. The summed E-state index contributed by atoms with van der Waals surface area (Å²) in [6.45, 7) is 1.36. The Hall–Kier alpha value is -2.44. The van der Waals surface area contributed by atoms with E-state index in [9.17, 15) is 9.59 Å². The molecule has 1 atom stereocenters. The van der Waals surface area contributed by atoms with Crippen molar-refractivity contribution in [3.05, 3.63) is 57.6 Å². The van der Waals surface area contributed by atoms with Gasteiger partial charge in [-0.25, -0.2) is 4.79 Å². The van der Waals surface area contributed by atoms with Gasteiger partial charge in [0.1, 0.15) is 11.5 Å². The zero-order valence-corrected chi connectivity index (χ0v) is 16.6. The fraction of sp³-hybridized carbons (Fsp3) is 0.263. The maximum Gasteiger partial charge on any atom is 0.338 e. The quantitative estimate of drug-likeness (QED) is 0.695. The lowest BCUT2D eigenvalue weighted by molar-refractivity contribution is -0.124. The molecule has 0 aliphatic heterocycles. The third kappa shape index (κ3) is 5.77. The summed E-state index contributed by atoms with van der Waals surface area (Å²) in [5, 5.41) is 3.56. The average Bonchev–Trinajstić information content (AvgIpc) is 2.67. The lowest BCUT2D eigenvalue weighted by Crippen LogP contribution is -2.31. The molecule has 2 aromatic carbocycles. The number of amides is 1. The van der Waals surface area contributed by atoms with Gasteiger partial charge >= 0.3 is 5.97 Å². The second-order valence-corrected chi connectivity index (χ2v) is 6.45. The van der Waals surface area contributed by atoms with Gasteiger partial charge in [0.25, 0.3) is 5.91 Å². The van der Waals surface area contributed by atoms with Crippen LogP contribution in [0.1, 0.15) is 28.9 Å². The molecule has 0 aliphatic rings. The molecule has 1 N–H and O–H groups in total. The molecule has 144 valence electrons. The van der Waals surface area contributed by atoms with E-state index < -0.39 is 18.5 Å². The van der Waals surface area contributed by atoms with Gasteiger partial charge in [0, 0.05) is 6.07 Å². The van der Waals surface area contributed by atoms with Gasteiger partial charge in [-0.2, -0.15) is 0 Å². The standard InChI is InChI=1S/C19H19Cl2NO5/c1-11(12-4-5-16(20)17(21)8-12)22-18(23)10-27-19(24)13-6-14(25-2)9-15(7-13)26-3/h4-9,11H,10H2,1-3H3,(H,22,23)/t11-/m0/s1. The number of carbonyl (C=O) groups excluding carboxylic acids is 2. The number of benzene rings is 2. The Labute approximate surface area is 167 Å². The minimum absolute atomic E-state index is 0.219. The Morgan fingerprint density at radius 1 is 1.00 bits per heavy atom. The maximum absolute atomic E-state index is 12.2. The zero-order valence-electron chi connectivity index (χ0n) is 15.0. The van der Waals surface area contributed by atoms with E-state index in [-0.39, 0.29) is 11.6 Å². The molecule has 0 aliphatic carbocycles. The maximum atomic E-state index is 12.2. The summed E-state index contributed by atoms with van der Waals surface area (Å²) in [7, 11) is 2.95. The minimum atomic E-state index is -0.662. The Kier molecular flexibility index (Phi) is 7.33. The summed E-state index contributed by atoms with van der Waals surface area (Å²) in [5.41, 5.74) is 0.998. The number of nitrogens with one attached hydrogen (secondary N) is 1. The van der Waals surface area contributed by atoms with E-state index in [1.165, 1.54) is 26.4 Å². The van der Waals surface area contributed by atoms with Gasteiger partial charge in [-0.1, -0.05) is 29.3 Å². The highest BCUT2D eigenvalue weighted by Crippen LogP contribution is 2.25. The van der Waals surface area contributed by atoms with Crippen molar-refractivity contribution < 1.29 is 23.8 Å². The van der Waals surface area contributed by atoms with E-state index in [1.54, 1.807) is 31.2 Å². The molecular weight excluding hydrogens is 393 g/mol. The summed E-state index contributed by atoms with van der Waals surface area (Å²) in [5.74, 6) is -0.223. The number of hydrogen-bond acceptors (Lipinski definition) is 5. The van der Waals surface area contributed by atoms with E-state index in [1.807, 2.05) is 0 Å². The highest BCUT2D eigenvalue weighted by atomic mass is 35.5. The van der Waals surface area contributed by atoms with Gasteiger partial charge in [-0.3, -0.25) is 4.79 Å². The third-order valence-corrected chi connectivity index (χ3v) is 4.48. The summed E-state index contributed by atoms with van der Waals surface area (Å²) in [6, 6.07) is 9.38. The molecule has 0 bridgehead atoms. The monoisotopic (exact) mass is 411 g/mol. The zero-order chi connectivity index (χ0) is 20.0. The molecule has 1 amide bonds. The lowest BCUT2D eigenvalue weighted by atomic mass is 10.1. The van der Waals surface area contributed by atoms with Crippen LogP contribution in [0.3, 0.4) is 0 Å². The number of ether oxygens (including phenoxy) is 3. The minimum Gasteiger partial charge on any atom is -0.497 e. The van der Waals surface area contributed by atoms with Gasteiger partial charge in [-0.05, 0) is 36.8 Å². The van der Waals surface area contributed by atoms with Crippen LogP contribution < -0.4 is 14.8 Å². The highest BCUT2D eigenvalue weighted by molar-refractivity contribution is 6.42. The van der Waals surface area contributed by atoms with Crippen molar-refractivity contribution in [2.75, 3.05) is 20.8 Å². The normalized spacial score (nSPS) is 11.4. The largest absolute Gasteiger partial charge is 0.497 e. The average molecular weight is 412 g/mol. The number of hydrogen-bond donors (Lipinski definition) is 1. The molecule has 0 heterocycles. The Bertz CT molecular complexity index is 819. The number of methoxy groups -OCH3 is 2. The van der Waals surface area contributed by atoms with Gasteiger partial charge in [0.15, 0.2) is 6.61 Å². The summed E-state index contributed by atoms with van der Waals surface area (Å²) >= 11 is 11.9. The smallest absolute Gasteiger partial charge is 0.338 e. The van der Waals surface area contributed by atoms with E-state index in [0.717, 1.165) is 5.56 Å². The summed E-state index contributed by atoms with van der Waals surface area (Å²) in [6.07, 6.45) is 0. The van der Waals surface area contributed by atoms with E-state index >= 15 is 0 Å². The number of esters is 1. The van der Waals surface area contributed by atoms with Crippen LogP contribution in [0.15, 0.2) is 36.4 Å². The van der Waals surface area contributed by atoms with E-state index in [4.69, 9.17) is 37.4 Å². The van der Waals surface area contributed by atoms with Gasteiger partial charge in [-0.15, -0.1) is 0 Å². The fourth-order valence-electron chi connectivity index (χ4n) is 2.29. The number of rotatable bonds is 7. The number of halogens is 2. The summed E-state index contributed by atoms with van der Waals surface area (Å²) < 4.78 is 15.3. The van der Waals surface area contributed by atoms with Crippen LogP contribution in [0.4, 0.5) is 0 Å². The first-order chi connectivity index (χ1) is 12.8. The van der Waals surface area contributed by atoms with Crippen molar-refractivity contribution in [2.24, 2.45) is 0 Å². The van der Waals surface area contributed by atoms with Crippen LogP contribution in [0.2, 0.25) is 10.0 Å². The Morgan fingerprint density at radius 3 is 2.19 bits per heavy atom. The first kappa shape index (κ1) is 20.9. The molecule has 0 saturated heterocycles. The van der Waals surface area contributed by atoms with Crippen molar-refractivity contribution in [1.82, 2.24) is 5.32 Å². The van der Waals surface area contributed by atoms with E-state index in [2.05, 4.69) is 5.32 Å². The van der Waals surface area contributed by atoms with Crippen molar-refractivity contribution in [3.63, 3.8) is 0 Å². The molecular formula is C19H19Cl2NO5.